The summed E-state index contributed by atoms with van der Waals surface area (Å²) >= 11 is 0. The van der Waals surface area contributed by atoms with E-state index in [2.05, 4.69) is 73.6 Å². The average Bonchev–Trinajstić information content (AvgIpc) is 3.91. The van der Waals surface area contributed by atoms with Crippen molar-refractivity contribution < 1.29 is 9.47 Å². The molecule has 1 saturated carbocycles. The monoisotopic (exact) mass is 589 g/mol. The third kappa shape index (κ3) is 5.84. The van der Waals surface area contributed by atoms with Crippen LogP contribution in [-0.4, -0.2) is 53.7 Å². The quantitative estimate of drug-likeness (QED) is 0.241. The molecular weight excluding hydrogens is 550 g/mol. The van der Waals surface area contributed by atoms with E-state index < -0.39 is 0 Å². The van der Waals surface area contributed by atoms with Gasteiger partial charge in [0.15, 0.2) is 0 Å². The third-order valence-electron chi connectivity index (χ3n) is 9.55. The van der Waals surface area contributed by atoms with Crippen LogP contribution in [0.25, 0.3) is 0 Å². The van der Waals surface area contributed by atoms with Crippen molar-refractivity contribution in [3.63, 3.8) is 0 Å². The molecule has 226 valence electrons. The van der Waals surface area contributed by atoms with E-state index in [4.69, 9.17) is 9.47 Å². The van der Waals surface area contributed by atoms with Crippen molar-refractivity contribution in [3.05, 3.63) is 111 Å². The summed E-state index contributed by atoms with van der Waals surface area (Å²) < 4.78 is 12.8. The fourth-order valence-corrected chi connectivity index (χ4v) is 7.00. The van der Waals surface area contributed by atoms with Crippen LogP contribution in [0.2, 0.25) is 0 Å². The molecule has 2 N–H and O–H groups in total. The number of rotatable bonds is 7. The molecular formula is C36H39N5O3. The van der Waals surface area contributed by atoms with Gasteiger partial charge in [-0.15, -0.1) is 0 Å². The zero-order valence-electron chi connectivity index (χ0n) is 25.0. The van der Waals surface area contributed by atoms with Crippen LogP contribution in [0.4, 0.5) is 11.4 Å². The lowest BCUT2D eigenvalue weighted by molar-refractivity contribution is 0.0384. The number of piperidine rings is 1. The minimum absolute atomic E-state index is 0.0930. The number of hydrogen-bond donors (Lipinski definition) is 2. The Labute approximate surface area is 258 Å². The molecule has 1 aliphatic carbocycles. The second kappa shape index (κ2) is 11.7. The second-order valence-corrected chi connectivity index (χ2v) is 12.7. The number of anilines is 2. The molecule has 44 heavy (non-hydrogen) atoms. The van der Waals surface area contributed by atoms with Gasteiger partial charge in [-0.3, -0.25) is 14.7 Å². The van der Waals surface area contributed by atoms with Crippen molar-refractivity contribution in [2.24, 2.45) is 0 Å². The van der Waals surface area contributed by atoms with Gasteiger partial charge in [0.05, 0.1) is 12.3 Å². The molecule has 2 aromatic carbocycles. The van der Waals surface area contributed by atoms with E-state index >= 15 is 0 Å². The van der Waals surface area contributed by atoms with Crippen molar-refractivity contribution in [1.29, 1.82) is 0 Å². The van der Waals surface area contributed by atoms with Crippen molar-refractivity contribution >= 4 is 11.4 Å². The number of aromatic nitrogens is 2. The number of likely N-dealkylation sites (tertiary alicyclic amines) is 1. The van der Waals surface area contributed by atoms with Crippen LogP contribution >= 0.6 is 0 Å². The topological polar surface area (TPSA) is 82.7 Å². The largest absolute Gasteiger partial charge is 0.456 e. The van der Waals surface area contributed by atoms with Gasteiger partial charge < -0.3 is 24.7 Å². The summed E-state index contributed by atoms with van der Waals surface area (Å²) in [4.78, 5) is 24.0. The Morgan fingerprint density at radius 1 is 0.955 bits per heavy atom. The first-order valence-corrected chi connectivity index (χ1v) is 16.1. The standard InChI is InChI=1S/C36H39N5O3/c42-35-21-31(9-13-38-35)41-16-17-43-34(23-41)32-3-1-2-26-18-27-20-29(6-7-33(27)44-36(26)32)39-28-10-14-40(15-11-28)22-30-19-25(8-12-37-30)24-4-5-24/h1-3,6-9,12-13,19-21,24,28,34,39H,4-5,10-11,14-18,22-23H2,(H,38,42). The van der Waals surface area contributed by atoms with Gasteiger partial charge in [0.25, 0.3) is 0 Å². The van der Waals surface area contributed by atoms with Crippen LogP contribution in [0.15, 0.2) is 77.9 Å². The number of nitrogens with zero attached hydrogens (tertiary/aromatic N) is 3. The zero-order valence-corrected chi connectivity index (χ0v) is 25.0. The Balaban J connectivity index is 0.903. The summed E-state index contributed by atoms with van der Waals surface area (Å²) in [5, 5.41) is 3.81. The predicted molar refractivity (Wildman–Crippen MR) is 172 cm³/mol. The molecule has 1 atom stereocenters. The molecule has 0 spiro atoms. The smallest absolute Gasteiger partial charge is 0.249 e. The molecule has 4 aromatic rings. The minimum atomic E-state index is -0.135. The van der Waals surface area contributed by atoms with E-state index in [1.165, 1.54) is 35.2 Å². The number of para-hydroxylation sites is 1. The van der Waals surface area contributed by atoms with Gasteiger partial charge in [-0.2, -0.15) is 0 Å². The molecule has 2 saturated heterocycles. The number of aromatic amines is 1. The lowest BCUT2D eigenvalue weighted by atomic mass is 9.95. The maximum Gasteiger partial charge on any atom is 0.249 e. The number of H-pyrrole nitrogens is 1. The Kier molecular flexibility index (Phi) is 7.32. The van der Waals surface area contributed by atoms with E-state index in [-0.39, 0.29) is 11.7 Å². The van der Waals surface area contributed by atoms with Gasteiger partial charge in [-0.1, -0.05) is 18.2 Å². The minimum Gasteiger partial charge on any atom is -0.456 e. The van der Waals surface area contributed by atoms with Crippen molar-refractivity contribution in [1.82, 2.24) is 14.9 Å². The number of morpholine rings is 1. The van der Waals surface area contributed by atoms with Gasteiger partial charge in [-0.25, -0.2) is 0 Å². The number of hydrogen-bond acceptors (Lipinski definition) is 7. The Morgan fingerprint density at radius 2 is 1.86 bits per heavy atom. The lowest BCUT2D eigenvalue weighted by Crippen LogP contribution is -2.39. The van der Waals surface area contributed by atoms with E-state index in [1.54, 1.807) is 12.3 Å². The van der Waals surface area contributed by atoms with Crippen LogP contribution in [0, 0.1) is 0 Å². The number of benzene rings is 2. The van der Waals surface area contributed by atoms with Crippen LogP contribution < -0.4 is 20.5 Å². The Morgan fingerprint density at radius 3 is 2.73 bits per heavy atom. The molecule has 8 rings (SSSR count). The number of nitrogens with one attached hydrogen (secondary N) is 2. The molecule has 0 amide bonds. The zero-order chi connectivity index (χ0) is 29.5. The fraction of sp³-hybridized carbons (Fsp3) is 0.389. The molecule has 0 radical (unpaired) electrons. The summed E-state index contributed by atoms with van der Waals surface area (Å²) in [5.41, 5.74) is 8.10. The van der Waals surface area contributed by atoms with Gasteiger partial charge in [0.2, 0.25) is 5.56 Å². The highest BCUT2D eigenvalue weighted by atomic mass is 16.5. The predicted octanol–water partition coefficient (Wildman–Crippen LogP) is 6.00. The highest BCUT2D eigenvalue weighted by molar-refractivity contribution is 5.59. The molecule has 5 heterocycles. The maximum absolute atomic E-state index is 11.9. The van der Waals surface area contributed by atoms with Gasteiger partial charge in [0, 0.05) is 86.1 Å². The van der Waals surface area contributed by atoms with Crippen molar-refractivity contribution in [2.45, 2.75) is 56.7 Å². The molecule has 2 aromatic heterocycles. The van der Waals surface area contributed by atoms with Crippen LogP contribution in [-0.2, 0) is 17.7 Å². The molecule has 8 nitrogen and oxygen atoms in total. The maximum atomic E-state index is 11.9. The van der Waals surface area contributed by atoms with E-state index in [0.29, 0.717) is 19.2 Å². The summed E-state index contributed by atoms with van der Waals surface area (Å²) in [6.07, 6.45) is 9.29. The summed E-state index contributed by atoms with van der Waals surface area (Å²) in [6.45, 7) is 5.12. The lowest BCUT2D eigenvalue weighted by Gasteiger charge is -2.36. The first kappa shape index (κ1) is 27.4. The van der Waals surface area contributed by atoms with Crippen LogP contribution in [0.5, 0.6) is 11.5 Å². The second-order valence-electron chi connectivity index (χ2n) is 12.7. The summed E-state index contributed by atoms with van der Waals surface area (Å²) in [7, 11) is 0. The molecule has 3 fully saturated rings. The third-order valence-corrected chi connectivity index (χ3v) is 9.55. The average molecular weight is 590 g/mol. The SMILES string of the molecule is O=c1cc(N2CCOC(c3cccc4c3Oc3ccc(NC5CCN(Cc6cc(C7CC7)ccn6)CC5)cc3C4)C2)cc[nH]1. The highest BCUT2D eigenvalue weighted by Crippen LogP contribution is 2.43. The van der Waals surface area contributed by atoms with Crippen molar-refractivity contribution in [3.8, 4) is 11.5 Å². The highest BCUT2D eigenvalue weighted by Gasteiger charge is 2.29. The van der Waals surface area contributed by atoms with Crippen molar-refractivity contribution in [2.75, 3.05) is 43.0 Å². The Hall–Kier alpha value is -4.14. The first-order chi connectivity index (χ1) is 21.6. The molecule has 1 unspecified atom stereocenters. The number of ether oxygens (including phenoxy) is 2. The molecule has 4 aliphatic rings. The normalized spacial score (nSPS) is 20.5. The summed E-state index contributed by atoms with van der Waals surface area (Å²) in [5.74, 6) is 2.59. The number of fused-ring (bicyclic) bond motifs is 2. The number of pyridine rings is 2. The van der Waals surface area contributed by atoms with Crippen LogP contribution in [0.3, 0.4) is 0 Å². The Bertz CT molecular complexity index is 1710. The van der Waals surface area contributed by atoms with Crippen LogP contribution in [0.1, 0.15) is 65.7 Å². The summed E-state index contributed by atoms with van der Waals surface area (Å²) in [6, 6.07) is 21.5. The van der Waals surface area contributed by atoms with Gasteiger partial charge in [0.1, 0.15) is 17.6 Å². The van der Waals surface area contributed by atoms with E-state index in [1.807, 2.05) is 12.3 Å². The molecule has 0 bridgehead atoms. The molecule has 3 aliphatic heterocycles. The van der Waals surface area contributed by atoms with E-state index in [9.17, 15) is 4.79 Å². The van der Waals surface area contributed by atoms with Gasteiger partial charge in [-0.05, 0) is 79.1 Å². The first-order valence-electron chi connectivity index (χ1n) is 16.1. The molecule has 8 heteroatoms. The van der Waals surface area contributed by atoms with Gasteiger partial charge >= 0.3 is 0 Å². The van der Waals surface area contributed by atoms with E-state index in [0.717, 1.165) is 79.8 Å². The fourth-order valence-electron chi connectivity index (χ4n) is 7.00.